The van der Waals surface area contributed by atoms with Crippen LogP contribution < -0.4 is 15.2 Å². The monoisotopic (exact) mass is 209 g/mol. The molecule has 0 aliphatic carbocycles. The molecule has 1 heterocycles. The van der Waals surface area contributed by atoms with E-state index in [0.29, 0.717) is 11.5 Å². The van der Waals surface area contributed by atoms with Crippen molar-refractivity contribution in [3.05, 3.63) is 23.8 Å². The van der Waals surface area contributed by atoms with Crippen molar-refractivity contribution in [1.29, 1.82) is 0 Å². The first-order valence-corrected chi connectivity index (χ1v) is 4.92. The predicted molar refractivity (Wildman–Crippen MR) is 56.2 cm³/mol. The Kier molecular flexibility index (Phi) is 2.54. The zero-order valence-corrected chi connectivity index (χ0v) is 8.69. The fraction of sp³-hybridized carbons (Fsp3) is 0.455. The molecule has 0 bridgehead atoms. The topological polar surface area (TPSA) is 64.7 Å². The third-order valence-corrected chi connectivity index (χ3v) is 2.47. The summed E-state index contributed by atoms with van der Waals surface area (Å²) >= 11 is 0. The fourth-order valence-electron chi connectivity index (χ4n) is 1.43. The predicted octanol–water partition coefficient (Wildman–Crippen LogP) is 0.456. The van der Waals surface area contributed by atoms with Crippen LogP contribution in [0.2, 0.25) is 0 Å². The van der Waals surface area contributed by atoms with Crippen LogP contribution in [0, 0.1) is 6.92 Å². The van der Waals surface area contributed by atoms with Crippen molar-refractivity contribution in [3.63, 3.8) is 0 Å². The van der Waals surface area contributed by atoms with Crippen molar-refractivity contribution in [1.82, 2.24) is 0 Å². The Labute approximate surface area is 88.6 Å². The molecule has 82 valence electrons. The van der Waals surface area contributed by atoms with Gasteiger partial charge in [-0.05, 0) is 24.6 Å². The molecule has 0 radical (unpaired) electrons. The summed E-state index contributed by atoms with van der Waals surface area (Å²) in [4.78, 5) is 0. The van der Waals surface area contributed by atoms with E-state index in [0.717, 1.165) is 5.56 Å². The van der Waals surface area contributed by atoms with Gasteiger partial charge in [0.25, 0.3) is 0 Å². The SMILES string of the molecule is Cc1ccc2c(c1)OCC(O)(CN)CO2. The maximum Gasteiger partial charge on any atom is 0.161 e. The van der Waals surface area contributed by atoms with Crippen LogP contribution in [0.4, 0.5) is 0 Å². The summed E-state index contributed by atoms with van der Waals surface area (Å²) in [6, 6.07) is 5.67. The molecule has 1 unspecified atom stereocenters. The average Bonchev–Trinajstić information content (AvgIpc) is 2.40. The van der Waals surface area contributed by atoms with Gasteiger partial charge >= 0.3 is 0 Å². The van der Waals surface area contributed by atoms with Crippen molar-refractivity contribution < 1.29 is 14.6 Å². The second kappa shape index (κ2) is 3.72. The molecule has 15 heavy (non-hydrogen) atoms. The highest BCUT2D eigenvalue weighted by atomic mass is 16.6. The number of hydrogen-bond donors (Lipinski definition) is 2. The number of fused-ring (bicyclic) bond motifs is 1. The maximum atomic E-state index is 9.93. The molecule has 2 rings (SSSR count). The first-order chi connectivity index (χ1) is 7.13. The number of rotatable bonds is 1. The smallest absolute Gasteiger partial charge is 0.161 e. The normalized spacial score (nSPS) is 24.7. The van der Waals surface area contributed by atoms with Gasteiger partial charge in [-0.1, -0.05) is 6.07 Å². The van der Waals surface area contributed by atoms with Crippen molar-refractivity contribution in [2.45, 2.75) is 12.5 Å². The summed E-state index contributed by atoms with van der Waals surface area (Å²) in [5.41, 5.74) is 5.46. The zero-order chi connectivity index (χ0) is 10.9. The number of benzene rings is 1. The highest BCUT2D eigenvalue weighted by Gasteiger charge is 2.31. The number of aliphatic hydroxyl groups is 1. The van der Waals surface area contributed by atoms with E-state index in [2.05, 4.69) is 0 Å². The third kappa shape index (κ3) is 2.06. The molecule has 4 nitrogen and oxygen atoms in total. The Balaban J connectivity index is 2.25. The highest BCUT2D eigenvalue weighted by molar-refractivity contribution is 5.43. The van der Waals surface area contributed by atoms with E-state index < -0.39 is 5.60 Å². The van der Waals surface area contributed by atoms with Crippen LogP contribution in [-0.4, -0.2) is 30.5 Å². The number of aryl methyl sites for hydroxylation is 1. The molecule has 3 N–H and O–H groups in total. The van der Waals surface area contributed by atoms with E-state index in [1.54, 1.807) is 0 Å². The quantitative estimate of drug-likeness (QED) is 0.705. The van der Waals surface area contributed by atoms with Crippen LogP contribution in [-0.2, 0) is 0 Å². The van der Waals surface area contributed by atoms with Crippen molar-refractivity contribution >= 4 is 0 Å². The van der Waals surface area contributed by atoms with Gasteiger partial charge < -0.3 is 20.3 Å². The summed E-state index contributed by atoms with van der Waals surface area (Å²) in [6.07, 6.45) is 0. The minimum atomic E-state index is -1.09. The Morgan fingerprint density at radius 1 is 1.33 bits per heavy atom. The summed E-state index contributed by atoms with van der Waals surface area (Å²) in [5, 5.41) is 9.93. The summed E-state index contributed by atoms with van der Waals surface area (Å²) in [5.74, 6) is 1.32. The van der Waals surface area contributed by atoms with Gasteiger partial charge in [0.2, 0.25) is 0 Å². The Bertz CT molecular complexity index is 367. The van der Waals surface area contributed by atoms with E-state index in [-0.39, 0.29) is 19.8 Å². The number of nitrogens with two attached hydrogens (primary N) is 1. The van der Waals surface area contributed by atoms with Gasteiger partial charge in [0, 0.05) is 6.54 Å². The van der Waals surface area contributed by atoms with Crippen LogP contribution in [0.15, 0.2) is 18.2 Å². The van der Waals surface area contributed by atoms with E-state index in [9.17, 15) is 5.11 Å². The second-order valence-electron chi connectivity index (χ2n) is 3.96. The molecule has 1 atom stereocenters. The van der Waals surface area contributed by atoms with Crippen LogP contribution in [0.3, 0.4) is 0 Å². The van der Waals surface area contributed by atoms with Gasteiger partial charge in [0.05, 0.1) is 0 Å². The lowest BCUT2D eigenvalue weighted by Crippen LogP contribution is -2.47. The van der Waals surface area contributed by atoms with Gasteiger partial charge in [-0.2, -0.15) is 0 Å². The maximum absolute atomic E-state index is 9.93. The van der Waals surface area contributed by atoms with Crippen molar-refractivity contribution in [3.8, 4) is 11.5 Å². The molecule has 1 aromatic carbocycles. The molecule has 1 aliphatic rings. The van der Waals surface area contributed by atoms with Crippen LogP contribution >= 0.6 is 0 Å². The molecule has 0 saturated carbocycles. The van der Waals surface area contributed by atoms with Crippen LogP contribution in [0.1, 0.15) is 5.56 Å². The summed E-state index contributed by atoms with van der Waals surface area (Å²) in [6.45, 7) is 2.43. The van der Waals surface area contributed by atoms with Gasteiger partial charge in [-0.3, -0.25) is 0 Å². The van der Waals surface area contributed by atoms with Crippen molar-refractivity contribution in [2.75, 3.05) is 19.8 Å². The molecular weight excluding hydrogens is 194 g/mol. The Hall–Kier alpha value is -1.26. The molecule has 0 amide bonds. The van der Waals surface area contributed by atoms with E-state index in [1.165, 1.54) is 0 Å². The highest BCUT2D eigenvalue weighted by Crippen LogP contribution is 2.31. The van der Waals surface area contributed by atoms with Gasteiger partial charge in [-0.15, -0.1) is 0 Å². The van der Waals surface area contributed by atoms with Gasteiger partial charge in [0.15, 0.2) is 11.5 Å². The number of ether oxygens (including phenoxy) is 2. The molecule has 1 aromatic rings. The lowest BCUT2D eigenvalue weighted by molar-refractivity contribution is -0.0202. The summed E-state index contributed by atoms with van der Waals surface area (Å²) in [7, 11) is 0. The van der Waals surface area contributed by atoms with Crippen LogP contribution in [0.5, 0.6) is 11.5 Å². The lowest BCUT2D eigenvalue weighted by atomic mass is 10.1. The Morgan fingerprint density at radius 2 is 2.00 bits per heavy atom. The van der Waals surface area contributed by atoms with E-state index in [4.69, 9.17) is 15.2 Å². The van der Waals surface area contributed by atoms with Crippen LogP contribution in [0.25, 0.3) is 0 Å². The molecule has 0 saturated heterocycles. The minimum Gasteiger partial charge on any atom is -0.487 e. The first kappa shape index (κ1) is 10.3. The molecule has 1 aliphatic heterocycles. The lowest BCUT2D eigenvalue weighted by Gasteiger charge is -2.22. The zero-order valence-electron chi connectivity index (χ0n) is 8.69. The summed E-state index contributed by atoms with van der Waals surface area (Å²) < 4.78 is 10.9. The van der Waals surface area contributed by atoms with E-state index in [1.807, 2.05) is 25.1 Å². The number of hydrogen-bond acceptors (Lipinski definition) is 4. The molecule has 0 fully saturated rings. The third-order valence-electron chi connectivity index (χ3n) is 2.47. The molecular formula is C11H15NO3. The van der Waals surface area contributed by atoms with E-state index >= 15 is 0 Å². The largest absolute Gasteiger partial charge is 0.487 e. The molecule has 4 heteroatoms. The molecule has 0 spiro atoms. The Morgan fingerprint density at radius 3 is 2.67 bits per heavy atom. The average molecular weight is 209 g/mol. The minimum absolute atomic E-state index is 0.125. The second-order valence-corrected chi connectivity index (χ2v) is 3.96. The fourth-order valence-corrected chi connectivity index (χ4v) is 1.43. The van der Waals surface area contributed by atoms with Gasteiger partial charge in [0.1, 0.15) is 18.8 Å². The first-order valence-electron chi connectivity index (χ1n) is 4.92. The molecule has 0 aromatic heterocycles. The standard InChI is InChI=1S/C11H15NO3/c1-8-2-3-9-10(4-8)15-7-11(13,5-12)6-14-9/h2-4,13H,5-7,12H2,1H3. The van der Waals surface area contributed by atoms with Gasteiger partial charge in [-0.25, -0.2) is 0 Å². The van der Waals surface area contributed by atoms with Crippen molar-refractivity contribution in [2.24, 2.45) is 5.73 Å².